The van der Waals surface area contributed by atoms with Crippen LogP contribution in [0.5, 0.6) is 0 Å². The number of sulfonamides is 1. The Hall–Kier alpha value is -1.52. The van der Waals surface area contributed by atoms with E-state index >= 15 is 0 Å². The zero-order valence-electron chi connectivity index (χ0n) is 13.3. The Morgan fingerprint density at radius 3 is 3.04 bits per heavy atom. The maximum absolute atomic E-state index is 12.4. The van der Waals surface area contributed by atoms with Gasteiger partial charge in [0.25, 0.3) is 0 Å². The number of hydrogen-bond donors (Lipinski definition) is 0. The number of hydrogen-bond acceptors (Lipinski definition) is 6. The van der Waals surface area contributed by atoms with Crippen LogP contribution in [0.25, 0.3) is 0 Å². The van der Waals surface area contributed by atoms with Crippen LogP contribution in [-0.4, -0.2) is 77.6 Å². The van der Waals surface area contributed by atoms with E-state index in [0.717, 1.165) is 18.4 Å². The molecule has 0 aliphatic carbocycles. The average Bonchev–Trinajstić information content (AvgIpc) is 2.99. The zero-order valence-corrected chi connectivity index (χ0v) is 14.1. The number of ether oxygens (including phenoxy) is 1. The topological polar surface area (TPSA) is 97.6 Å². The van der Waals surface area contributed by atoms with Crippen molar-refractivity contribution in [2.45, 2.75) is 31.6 Å². The summed E-state index contributed by atoms with van der Waals surface area (Å²) in [5.74, 6) is -0.0498. The van der Waals surface area contributed by atoms with Gasteiger partial charge in [0.2, 0.25) is 15.9 Å². The second-order valence-corrected chi connectivity index (χ2v) is 8.14. The highest BCUT2D eigenvalue weighted by molar-refractivity contribution is 7.88. The van der Waals surface area contributed by atoms with Crippen molar-refractivity contribution in [3.63, 3.8) is 0 Å². The van der Waals surface area contributed by atoms with Crippen molar-refractivity contribution in [2.24, 2.45) is 0 Å². The smallest absolute Gasteiger partial charge is 0.223 e. The molecule has 10 heteroatoms. The van der Waals surface area contributed by atoms with Gasteiger partial charge in [0, 0.05) is 33.1 Å². The Kier molecular flexibility index (Phi) is 4.39. The summed E-state index contributed by atoms with van der Waals surface area (Å²) in [6.07, 6.45) is 3.78. The van der Waals surface area contributed by atoms with Gasteiger partial charge in [0.1, 0.15) is 0 Å². The van der Waals surface area contributed by atoms with Crippen LogP contribution in [0.1, 0.15) is 24.6 Å². The van der Waals surface area contributed by atoms with E-state index in [2.05, 4.69) is 10.3 Å². The molecule has 1 fully saturated rings. The predicted molar refractivity (Wildman–Crippen MR) is 80.9 cm³/mol. The first-order valence-electron chi connectivity index (χ1n) is 7.56. The maximum Gasteiger partial charge on any atom is 0.223 e. The number of likely N-dealkylation sites (tertiary alicyclic amines) is 1. The molecule has 0 unspecified atom stereocenters. The lowest BCUT2D eigenvalue weighted by Gasteiger charge is -2.41. The largest absolute Gasteiger partial charge is 0.370 e. The normalized spacial score (nSPS) is 24.4. The molecular formula is C13H21N5O4S. The van der Waals surface area contributed by atoms with Crippen LogP contribution in [-0.2, 0) is 26.2 Å². The minimum atomic E-state index is -3.26. The van der Waals surface area contributed by atoms with Gasteiger partial charge in [-0.2, -0.15) is 0 Å². The lowest BCUT2D eigenvalue weighted by Crippen LogP contribution is -2.50. The Balaban J connectivity index is 1.62. The molecule has 1 aromatic rings. The molecule has 1 amide bonds. The minimum absolute atomic E-state index is 0.0217. The summed E-state index contributed by atoms with van der Waals surface area (Å²) < 4.78 is 31.6. The van der Waals surface area contributed by atoms with Crippen molar-refractivity contribution in [3.05, 3.63) is 11.9 Å². The molecule has 3 rings (SSSR count). The molecule has 2 aliphatic rings. The van der Waals surface area contributed by atoms with E-state index in [-0.39, 0.29) is 31.0 Å². The predicted octanol–water partition coefficient (Wildman–Crippen LogP) is -0.768. The Morgan fingerprint density at radius 2 is 2.30 bits per heavy atom. The van der Waals surface area contributed by atoms with Gasteiger partial charge in [-0.05, 0) is 6.42 Å². The first kappa shape index (κ1) is 16.3. The van der Waals surface area contributed by atoms with Crippen LogP contribution < -0.4 is 0 Å². The number of nitrogens with zero attached hydrogens (tertiary/aromatic N) is 5. The van der Waals surface area contributed by atoms with Crippen LogP contribution in [0.4, 0.5) is 0 Å². The second kappa shape index (κ2) is 6.17. The van der Waals surface area contributed by atoms with Crippen LogP contribution in [0.15, 0.2) is 6.20 Å². The van der Waals surface area contributed by atoms with Crippen LogP contribution in [0.2, 0.25) is 0 Å². The number of carbonyl (C=O) groups is 1. The van der Waals surface area contributed by atoms with Crippen LogP contribution in [0, 0.1) is 0 Å². The third-order valence-electron chi connectivity index (χ3n) is 4.49. The molecule has 2 aliphatic heterocycles. The van der Waals surface area contributed by atoms with E-state index in [1.807, 2.05) is 4.68 Å². The van der Waals surface area contributed by atoms with E-state index < -0.39 is 10.0 Å². The van der Waals surface area contributed by atoms with E-state index in [1.54, 1.807) is 11.1 Å². The summed E-state index contributed by atoms with van der Waals surface area (Å²) in [5.41, 5.74) is 0.914. The molecule has 0 N–H and O–H groups in total. The van der Waals surface area contributed by atoms with Gasteiger partial charge >= 0.3 is 0 Å². The molecule has 3 heterocycles. The number of rotatable bonds is 4. The van der Waals surface area contributed by atoms with Gasteiger partial charge in [-0.25, -0.2) is 17.4 Å². The highest BCUT2D eigenvalue weighted by Gasteiger charge is 2.37. The molecule has 9 nitrogen and oxygen atoms in total. The number of amides is 1. The summed E-state index contributed by atoms with van der Waals surface area (Å²) in [6, 6.07) is -0.0217. The van der Waals surface area contributed by atoms with E-state index in [4.69, 9.17) is 4.74 Å². The fourth-order valence-corrected chi connectivity index (χ4v) is 3.41. The summed E-state index contributed by atoms with van der Waals surface area (Å²) in [5, 5.41) is 8.01. The molecule has 0 spiro atoms. The van der Waals surface area contributed by atoms with Crippen molar-refractivity contribution in [3.8, 4) is 0 Å². The first-order valence-corrected chi connectivity index (χ1v) is 9.41. The number of piperidine rings is 1. The zero-order chi connectivity index (χ0) is 16.6. The van der Waals surface area contributed by atoms with E-state index in [9.17, 15) is 13.2 Å². The molecule has 0 bridgehead atoms. The first-order chi connectivity index (χ1) is 10.9. The molecule has 1 saturated heterocycles. The maximum atomic E-state index is 12.4. The SMILES string of the molecule is CN(CCC(=O)N1CC[C@@H]2OCc3cnnn3[C@@H]2C1)S(C)(=O)=O. The second-order valence-electron chi connectivity index (χ2n) is 6.05. The third kappa shape index (κ3) is 3.38. The lowest BCUT2D eigenvalue weighted by molar-refractivity contribution is -0.138. The van der Waals surface area contributed by atoms with Gasteiger partial charge in [-0.1, -0.05) is 5.21 Å². The monoisotopic (exact) mass is 343 g/mol. The fraction of sp³-hybridized carbons (Fsp3) is 0.769. The molecular weight excluding hydrogens is 322 g/mol. The summed E-state index contributed by atoms with van der Waals surface area (Å²) in [7, 11) is -1.78. The van der Waals surface area contributed by atoms with Gasteiger partial charge in [-0.3, -0.25) is 4.79 Å². The quantitative estimate of drug-likeness (QED) is 0.712. The van der Waals surface area contributed by atoms with Crippen molar-refractivity contribution in [1.29, 1.82) is 0 Å². The van der Waals surface area contributed by atoms with E-state index in [0.29, 0.717) is 19.7 Å². The molecule has 0 radical (unpaired) electrons. The van der Waals surface area contributed by atoms with Crippen molar-refractivity contribution >= 4 is 15.9 Å². The number of carbonyl (C=O) groups excluding carboxylic acids is 1. The summed E-state index contributed by atoms with van der Waals surface area (Å²) >= 11 is 0. The van der Waals surface area contributed by atoms with Crippen LogP contribution in [0.3, 0.4) is 0 Å². The van der Waals surface area contributed by atoms with Gasteiger partial charge in [0.05, 0.1) is 36.9 Å². The van der Waals surface area contributed by atoms with Gasteiger partial charge in [-0.15, -0.1) is 5.10 Å². The Bertz CT molecular complexity index is 688. The molecule has 0 aromatic carbocycles. The molecule has 23 heavy (non-hydrogen) atoms. The molecule has 0 saturated carbocycles. The van der Waals surface area contributed by atoms with Gasteiger partial charge < -0.3 is 9.64 Å². The molecule has 1 aromatic heterocycles. The highest BCUT2D eigenvalue weighted by atomic mass is 32.2. The van der Waals surface area contributed by atoms with Crippen molar-refractivity contribution < 1.29 is 17.9 Å². The summed E-state index contributed by atoms with van der Waals surface area (Å²) in [4.78, 5) is 14.1. The fourth-order valence-electron chi connectivity index (χ4n) is 2.98. The molecule has 128 valence electrons. The molecule has 2 atom stereocenters. The minimum Gasteiger partial charge on any atom is -0.370 e. The standard InChI is InChI=1S/C13H21N5O4S/c1-16(23(2,20)21)5-4-13(19)17-6-3-12-11(8-17)18-10(9-22-12)7-14-15-18/h7,11-12H,3-6,8-9H2,1-2H3/t11-,12+/m1/s1. The van der Waals surface area contributed by atoms with Crippen LogP contribution >= 0.6 is 0 Å². The Labute approximate surface area is 135 Å². The lowest BCUT2D eigenvalue weighted by atomic mass is 10.00. The third-order valence-corrected chi connectivity index (χ3v) is 5.80. The average molecular weight is 343 g/mol. The van der Waals surface area contributed by atoms with Crippen molar-refractivity contribution in [2.75, 3.05) is 32.9 Å². The summed E-state index contributed by atoms with van der Waals surface area (Å²) in [6.45, 7) is 1.82. The van der Waals surface area contributed by atoms with Gasteiger partial charge in [0.15, 0.2) is 0 Å². The highest BCUT2D eigenvalue weighted by Crippen LogP contribution is 2.30. The number of fused-ring (bicyclic) bond motifs is 3. The van der Waals surface area contributed by atoms with E-state index in [1.165, 1.54) is 11.4 Å². The van der Waals surface area contributed by atoms with Crippen molar-refractivity contribution in [1.82, 2.24) is 24.2 Å². The number of aromatic nitrogens is 3. The Morgan fingerprint density at radius 1 is 1.52 bits per heavy atom.